The van der Waals surface area contributed by atoms with E-state index < -0.39 is 12.0 Å². The molecule has 1 N–H and O–H groups in total. The lowest BCUT2D eigenvalue weighted by Gasteiger charge is -2.32. The Morgan fingerprint density at radius 1 is 1.29 bits per heavy atom. The van der Waals surface area contributed by atoms with Crippen molar-refractivity contribution >= 4 is 11.9 Å². The fourth-order valence-corrected chi connectivity index (χ4v) is 3.27. The smallest absolute Gasteiger partial charge is 0.326 e. The van der Waals surface area contributed by atoms with Crippen LogP contribution in [0, 0.1) is 0 Å². The van der Waals surface area contributed by atoms with Gasteiger partial charge < -0.3 is 14.4 Å². The number of likely N-dealkylation sites (tertiary alicyclic amines) is 1. The fourth-order valence-electron chi connectivity index (χ4n) is 3.27. The number of piperidine rings is 1. The first-order valence-electron chi connectivity index (χ1n) is 8.89. The third-order valence-electron chi connectivity index (χ3n) is 4.77. The molecular weight excluding hydrogens is 308 g/mol. The number of hydrogen-bond acceptors (Lipinski definition) is 4. The molecule has 1 aromatic heterocycles. The van der Waals surface area contributed by atoms with Crippen molar-refractivity contribution < 1.29 is 19.1 Å². The summed E-state index contributed by atoms with van der Waals surface area (Å²) in [5.74, 6) is -0.160. The van der Waals surface area contributed by atoms with Gasteiger partial charge in [-0.3, -0.25) is 9.69 Å². The van der Waals surface area contributed by atoms with E-state index in [9.17, 15) is 14.7 Å². The number of carboxylic acids is 1. The van der Waals surface area contributed by atoms with Gasteiger partial charge >= 0.3 is 5.97 Å². The van der Waals surface area contributed by atoms with Crippen LogP contribution < -0.4 is 0 Å². The van der Waals surface area contributed by atoms with E-state index in [0.29, 0.717) is 19.4 Å². The van der Waals surface area contributed by atoms with Crippen molar-refractivity contribution in [1.82, 2.24) is 9.80 Å². The van der Waals surface area contributed by atoms with Crippen LogP contribution in [-0.2, 0) is 17.8 Å². The summed E-state index contributed by atoms with van der Waals surface area (Å²) in [5.41, 5.74) is 1.02. The van der Waals surface area contributed by atoms with Crippen LogP contribution in [0.25, 0.3) is 0 Å². The van der Waals surface area contributed by atoms with E-state index in [4.69, 9.17) is 4.42 Å². The van der Waals surface area contributed by atoms with E-state index in [1.54, 1.807) is 6.07 Å². The van der Waals surface area contributed by atoms with Crippen molar-refractivity contribution in [1.29, 1.82) is 0 Å². The van der Waals surface area contributed by atoms with Gasteiger partial charge in [-0.2, -0.15) is 0 Å². The first-order chi connectivity index (χ1) is 11.5. The Kier molecular flexibility index (Phi) is 6.43. The highest BCUT2D eigenvalue weighted by atomic mass is 16.4. The third kappa shape index (κ3) is 3.98. The Bertz CT molecular complexity index is 578. The molecule has 134 valence electrons. The predicted molar refractivity (Wildman–Crippen MR) is 91.0 cm³/mol. The van der Waals surface area contributed by atoms with Crippen molar-refractivity contribution in [2.75, 3.05) is 19.6 Å². The van der Waals surface area contributed by atoms with Crippen LogP contribution in [0.2, 0.25) is 0 Å². The van der Waals surface area contributed by atoms with Crippen LogP contribution in [0.3, 0.4) is 0 Å². The zero-order chi connectivity index (χ0) is 17.7. The molecule has 1 fully saturated rings. The molecule has 6 heteroatoms. The average molecular weight is 336 g/mol. The van der Waals surface area contributed by atoms with Crippen molar-refractivity contribution in [3.8, 4) is 0 Å². The molecule has 1 atom stereocenters. The lowest BCUT2D eigenvalue weighted by atomic mass is 10.0. The van der Waals surface area contributed by atoms with Crippen molar-refractivity contribution in [2.24, 2.45) is 0 Å². The van der Waals surface area contributed by atoms with Crippen LogP contribution in [0.5, 0.6) is 0 Å². The monoisotopic (exact) mass is 336 g/mol. The Hall–Kier alpha value is -1.82. The second-order valence-electron chi connectivity index (χ2n) is 6.22. The molecule has 0 unspecified atom stereocenters. The number of carbonyl (C=O) groups is 2. The normalized spacial score (nSPS) is 18.2. The second kappa shape index (κ2) is 8.33. The highest BCUT2D eigenvalue weighted by molar-refractivity contribution is 5.94. The number of carboxylic acid groups (broad SMARTS) is 1. The topological polar surface area (TPSA) is 74.0 Å². The Labute approximate surface area is 143 Å². The highest BCUT2D eigenvalue weighted by Crippen LogP contribution is 2.24. The molecule has 0 radical (unpaired) electrons. The summed E-state index contributed by atoms with van der Waals surface area (Å²) in [5, 5.41) is 9.36. The Morgan fingerprint density at radius 3 is 2.58 bits per heavy atom. The van der Waals surface area contributed by atoms with Gasteiger partial charge in [0.05, 0.1) is 0 Å². The van der Waals surface area contributed by atoms with E-state index in [1.807, 2.05) is 6.92 Å². The number of hydrogen-bond donors (Lipinski definition) is 1. The number of furan rings is 1. The Morgan fingerprint density at radius 2 is 2.00 bits per heavy atom. The maximum Gasteiger partial charge on any atom is 0.326 e. The van der Waals surface area contributed by atoms with Crippen LogP contribution in [0.1, 0.15) is 61.9 Å². The first kappa shape index (κ1) is 18.5. The number of aliphatic carboxylic acids is 1. The number of amides is 1. The van der Waals surface area contributed by atoms with Crippen LogP contribution >= 0.6 is 0 Å². The molecule has 0 aliphatic carbocycles. The quantitative estimate of drug-likeness (QED) is 0.829. The molecule has 1 amide bonds. The van der Waals surface area contributed by atoms with Crippen molar-refractivity contribution in [3.05, 3.63) is 23.2 Å². The molecule has 1 aliphatic heterocycles. The maximum absolute atomic E-state index is 12.8. The third-order valence-corrected chi connectivity index (χ3v) is 4.77. The molecule has 2 rings (SSSR count). The van der Waals surface area contributed by atoms with Crippen LogP contribution in [-0.4, -0.2) is 52.5 Å². The van der Waals surface area contributed by atoms with Gasteiger partial charge in [0.25, 0.3) is 5.91 Å². The summed E-state index contributed by atoms with van der Waals surface area (Å²) >= 11 is 0. The van der Waals surface area contributed by atoms with Gasteiger partial charge in [-0.05, 0) is 38.4 Å². The molecule has 1 saturated heterocycles. The fraction of sp³-hybridized carbons (Fsp3) is 0.667. The molecule has 6 nitrogen and oxygen atoms in total. The minimum absolute atomic E-state index is 0.266. The van der Waals surface area contributed by atoms with E-state index in [-0.39, 0.29) is 11.7 Å². The van der Waals surface area contributed by atoms with Gasteiger partial charge in [0.2, 0.25) is 0 Å². The number of aryl methyl sites for hydroxylation is 1. The number of nitrogens with zero attached hydrogens (tertiary/aromatic N) is 2. The van der Waals surface area contributed by atoms with E-state index in [0.717, 1.165) is 43.8 Å². The average Bonchev–Trinajstić information content (AvgIpc) is 3.01. The zero-order valence-electron chi connectivity index (χ0n) is 14.9. The van der Waals surface area contributed by atoms with Gasteiger partial charge in [-0.1, -0.05) is 20.8 Å². The maximum atomic E-state index is 12.8. The molecule has 0 aromatic carbocycles. The summed E-state index contributed by atoms with van der Waals surface area (Å²) in [6, 6.07) is 1.06. The minimum atomic E-state index is -0.936. The minimum Gasteiger partial charge on any atom is -0.480 e. The summed E-state index contributed by atoms with van der Waals surface area (Å²) < 4.78 is 5.79. The van der Waals surface area contributed by atoms with Gasteiger partial charge in [-0.15, -0.1) is 0 Å². The molecule has 0 saturated carbocycles. The van der Waals surface area contributed by atoms with Crippen molar-refractivity contribution in [3.63, 3.8) is 0 Å². The Balaban J connectivity index is 2.22. The molecule has 0 spiro atoms. The first-order valence-corrected chi connectivity index (χ1v) is 8.89. The lowest BCUT2D eigenvalue weighted by molar-refractivity contribution is -0.143. The van der Waals surface area contributed by atoms with Gasteiger partial charge in [0, 0.05) is 25.1 Å². The summed E-state index contributed by atoms with van der Waals surface area (Å²) in [6.45, 7) is 9.29. The van der Waals surface area contributed by atoms with Crippen molar-refractivity contribution in [2.45, 2.75) is 59.0 Å². The lowest BCUT2D eigenvalue weighted by Crippen LogP contribution is -2.47. The van der Waals surface area contributed by atoms with Gasteiger partial charge in [0.1, 0.15) is 11.8 Å². The molecule has 1 aromatic rings. The standard InChI is InChI=1S/C18H28N2O4/c1-4-15-13(12-19(5-2)6-3)11-16(24-15)17(21)20-10-8-7-9-14(20)18(22)23/h11,14H,4-10,12H2,1-3H3,(H,22,23)/t14-/m0/s1. The number of rotatable bonds is 7. The second-order valence-corrected chi connectivity index (χ2v) is 6.22. The molecule has 24 heavy (non-hydrogen) atoms. The molecule has 2 heterocycles. The summed E-state index contributed by atoms with van der Waals surface area (Å²) in [4.78, 5) is 27.9. The summed E-state index contributed by atoms with van der Waals surface area (Å²) in [6.07, 6.45) is 2.90. The van der Waals surface area contributed by atoms with E-state index >= 15 is 0 Å². The number of carbonyl (C=O) groups excluding carboxylic acids is 1. The molecule has 1 aliphatic rings. The van der Waals surface area contributed by atoms with Crippen LogP contribution in [0.4, 0.5) is 0 Å². The predicted octanol–water partition coefficient (Wildman–Crippen LogP) is 2.76. The van der Waals surface area contributed by atoms with Gasteiger partial charge in [0.15, 0.2) is 5.76 Å². The highest BCUT2D eigenvalue weighted by Gasteiger charge is 2.34. The zero-order valence-corrected chi connectivity index (χ0v) is 14.9. The molecule has 0 bridgehead atoms. The van der Waals surface area contributed by atoms with E-state index in [2.05, 4.69) is 18.7 Å². The van der Waals surface area contributed by atoms with Crippen LogP contribution in [0.15, 0.2) is 10.5 Å². The molecular formula is C18H28N2O4. The van der Waals surface area contributed by atoms with Gasteiger partial charge in [-0.25, -0.2) is 4.79 Å². The van der Waals surface area contributed by atoms with E-state index in [1.165, 1.54) is 4.90 Å². The SMILES string of the molecule is CCc1oc(C(=O)N2CCCC[C@H]2C(=O)O)cc1CN(CC)CC. The largest absolute Gasteiger partial charge is 0.480 e. The summed E-state index contributed by atoms with van der Waals surface area (Å²) in [7, 11) is 0.